The van der Waals surface area contributed by atoms with E-state index < -0.39 is 35.3 Å². The molecule has 9 nitrogen and oxygen atoms in total. The quantitative estimate of drug-likeness (QED) is 0.646. The number of fused-ring (bicyclic) bond motifs is 2. The second-order valence-electron chi connectivity index (χ2n) is 6.89. The first kappa shape index (κ1) is 16.0. The smallest absolute Gasteiger partial charge is 0.330 e. The van der Waals surface area contributed by atoms with Crippen LogP contribution >= 0.6 is 0 Å². The first-order valence-electron chi connectivity index (χ1n) is 8.18. The Morgan fingerprint density at radius 2 is 2.08 bits per heavy atom. The Bertz CT molecular complexity index is 725. The van der Waals surface area contributed by atoms with Gasteiger partial charge in [-0.1, -0.05) is 0 Å². The van der Waals surface area contributed by atoms with E-state index in [0.717, 1.165) is 26.2 Å². The summed E-state index contributed by atoms with van der Waals surface area (Å²) in [5.74, 6) is 0. The van der Waals surface area contributed by atoms with Gasteiger partial charge in [0.1, 0.15) is 17.8 Å². The summed E-state index contributed by atoms with van der Waals surface area (Å²) < 4.78 is 13.1. The van der Waals surface area contributed by atoms with E-state index in [0.29, 0.717) is 13.2 Å². The molecule has 9 heteroatoms. The van der Waals surface area contributed by atoms with E-state index in [2.05, 4.69) is 21.8 Å². The van der Waals surface area contributed by atoms with Crippen LogP contribution in [0.15, 0.2) is 21.9 Å². The number of H-pyrrole nitrogens is 1. The Hall–Kier alpha value is -1.52. The van der Waals surface area contributed by atoms with Crippen LogP contribution < -0.4 is 11.2 Å². The van der Waals surface area contributed by atoms with Crippen LogP contribution in [0.1, 0.15) is 6.23 Å². The number of hydrogen-bond donors (Lipinski definition) is 2. The standard InChI is InChI=1S/C15H22N4O5/c1-17-4-6-18(7-5-17)8-15-9-23-11(12(15)21)13(24-15)19-3-2-10(20)16-14(19)22/h2-3,11-13,21H,4-9H2,1H3,(H,16,20,22)/t11?,12?,13-,15+/m1/s1. The van der Waals surface area contributed by atoms with Crippen LogP contribution in [0.5, 0.6) is 0 Å². The van der Waals surface area contributed by atoms with Gasteiger partial charge < -0.3 is 19.5 Å². The zero-order chi connectivity index (χ0) is 16.9. The van der Waals surface area contributed by atoms with Crippen molar-refractivity contribution in [2.24, 2.45) is 0 Å². The molecule has 0 radical (unpaired) electrons. The maximum atomic E-state index is 12.0. The fourth-order valence-electron chi connectivity index (χ4n) is 3.77. The highest BCUT2D eigenvalue weighted by Gasteiger charge is 2.62. The average Bonchev–Trinajstić information content (AvgIpc) is 2.99. The first-order chi connectivity index (χ1) is 11.5. The molecule has 1 aromatic heterocycles. The van der Waals surface area contributed by atoms with Crippen LogP contribution in [-0.4, -0.2) is 88.6 Å². The van der Waals surface area contributed by atoms with Crippen LogP contribution in [0.25, 0.3) is 0 Å². The molecule has 4 rings (SSSR count). The average molecular weight is 338 g/mol. The fraction of sp³-hybridized carbons (Fsp3) is 0.733. The molecule has 0 saturated carbocycles. The minimum absolute atomic E-state index is 0.305. The highest BCUT2D eigenvalue weighted by Crippen LogP contribution is 2.44. The maximum Gasteiger partial charge on any atom is 0.330 e. The third kappa shape index (κ3) is 2.52. The number of aromatic nitrogens is 2. The van der Waals surface area contributed by atoms with E-state index in [1.54, 1.807) is 0 Å². The number of nitrogens with zero attached hydrogens (tertiary/aromatic N) is 3. The molecule has 3 aliphatic heterocycles. The molecule has 3 aliphatic rings. The summed E-state index contributed by atoms with van der Waals surface area (Å²) in [5.41, 5.74) is -1.86. The summed E-state index contributed by atoms with van der Waals surface area (Å²) in [4.78, 5) is 30.0. The lowest BCUT2D eigenvalue weighted by atomic mass is 9.98. The topological polar surface area (TPSA) is 100 Å². The molecular formula is C15H22N4O5. The van der Waals surface area contributed by atoms with Crippen LogP contribution in [0.4, 0.5) is 0 Å². The van der Waals surface area contributed by atoms with Gasteiger partial charge >= 0.3 is 5.69 Å². The van der Waals surface area contributed by atoms with E-state index in [-0.39, 0.29) is 0 Å². The van der Waals surface area contributed by atoms with Gasteiger partial charge in [-0.15, -0.1) is 0 Å². The molecule has 0 amide bonds. The lowest BCUT2D eigenvalue weighted by Crippen LogP contribution is -2.55. The minimum Gasteiger partial charge on any atom is -0.387 e. The number of ether oxygens (including phenoxy) is 2. The number of aliphatic hydroxyl groups excluding tert-OH is 1. The van der Waals surface area contributed by atoms with Crippen molar-refractivity contribution in [1.82, 2.24) is 19.4 Å². The second kappa shape index (κ2) is 5.78. The van der Waals surface area contributed by atoms with Gasteiger partial charge in [0.25, 0.3) is 5.56 Å². The number of piperazine rings is 1. The van der Waals surface area contributed by atoms with Crippen molar-refractivity contribution in [2.45, 2.75) is 24.0 Å². The Morgan fingerprint density at radius 3 is 2.79 bits per heavy atom. The van der Waals surface area contributed by atoms with Crippen molar-refractivity contribution < 1.29 is 14.6 Å². The summed E-state index contributed by atoms with van der Waals surface area (Å²) in [5, 5.41) is 10.7. The second-order valence-corrected chi connectivity index (χ2v) is 6.89. The van der Waals surface area contributed by atoms with Gasteiger partial charge in [-0.05, 0) is 7.05 Å². The molecule has 0 spiro atoms. The molecule has 0 aromatic carbocycles. The van der Waals surface area contributed by atoms with Gasteiger partial charge in [-0.3, -0.25) is 19.2 Å². The van der Waals surface area contributed by atoms with Crippen molar-refractivity contribution in [3.8, 4) is 0 Å². The number of hydrogen-bond acceptors (Lipinski definition) is 7. The summed E-state index contributed by atoms with van der Waals surface area (Å²) in [6, 6.07) is 1.26. The molecule has 24 heavy (non-hydrogen) atoms. The van der Waals surface area contributed by atoms with E-state index >= 15 is 0 Å². The van der Waals surface area contributed by atoms with Crippen molar-refractivity contribution >= 4 is 0 Å². The zero-order valence-corrected chi connectivity index (χ0v) is 13.6. The molecule has 2 unspecified atom stereocenters. The summed E-state index contributed by atoms with van der Waals surface area (Å²) >= 11 is 0. The third-order valence-electron chi connectivity index (χ3n) is 5.22. The third-order valence-corrected chi connectivity index (χ3v) is 5.22. The molecule has 1 aromatic rings. The SMILES string of the molecule is CN1CCN(C[C@]23COC(C2O)[C@H](n2ccc(=O)[nH]c2=O)O3)CC1. The van der Waals surface area contributed by atoms with Gasteiger partial charge in [-0.25, -0.2) is 4.79 Å². The first-order valence-corrected chi connectivity index (χ1v) is 8.18. The molecule has 3 saturated heterocycles. The normalized spacial score (nSPS) is 37.2. The summed E-state index contributed by atoms with van der Waals surface area (Å²) in [6.45, 7) is 4.62. The molecular weight excluding hydrogens is 316 g/mol. The predicted octanol–water partition coefficient (Wildman–Crippen LogP) is -2.19. The summed E-state index contributed by atoms with van der Waals surface area (Å²) in [6.07, 6.45) is -0.765. The van der Waals surface area contributed by atoms with E-state index in [1.807, 2.05) is 0 Å². The van der Waals surface area contributed by atoms with Gasteiger partial charge in [0.15, 0.2) is 6.23 Å². The minimum atomic E-state index is -0.833. The van der Waals surface area contributed by atoms with Gasteiger partial charge in [0, 0.05) is 45.0 Å². The van der Waals surface area contributed by atoms with Crippen LogP contribution in [0.2, 0.25) is 0 Å². The Balaban J connectivity index is 1.55. The van der Waals surface area contributed by atoms with Crippen LogP contribution in [0.3, 0.4) is 0 Å². The Kier molecular flexibility index (Phi) is 3.85. The molecule has 3 fully saturated rings. The molecule has 4 heterocycles. The largest absolute Gasteiger partial charge is 0.387 e. The number of aromatic amines is 1. The monoisotopic (exact) mass is 338 g/mol. The van der Waals surface area contributed by atoms with Crippen LogP contribution in [0, 0.1) is 0 Å². The van der Waals surface area contributed by atoms with Gasteiger partial charge in [-0.2, -0.15) is 0 Å². The molecule has 132 valence electrons. The van der Waals surface area contributed by atoms with Crippen molar-refractivity contribution in [3.05, 3.63) is 33.1 Å². The maximum absolute atomic E-state index is 12.0. The molecule has 4 atom stereocenters. The highest BCUT2D eigenvalue weighted by molar-refractivity contribution is 5.09. The van der Waals surface area contributed by atoms with Crippen molar-refractivity contribution in [2.75, 3.05) is 46.4 Å². The zero-order valence-electron chi connectivity index (χ0n) is 13.6. The number of aliphatic hydroxyl groups is 1. The Morgan fingerprint density at radius 1 is 1.33 bits per heavy atom. The van der Waals surface area contributed by atoms with E-state index in [4.69, 9.17) is 9.47 Å². The van der Waals surface area contributed by atoms with Crippen molar-refractivity contribution in [1.29, 1.82) is 0 Å². The predicted molar refractivity (Wildman–Crippen MR) is 83.9 cm³/mol. The van der Waals surface area contributed by atoms with E-state index in [9.17, 15) is 14.7 Å². The lowest BCUT2D eigenvalue weighted by molar-refractivity contribution is -0.182. The number of nitrogens with one attached hydrogen (secondary N) is 1. The summed E-state index contributed by atoms with van der Waals surface area (Å²) in [7, 11) is 2.09. The van der Waals surface area contributed by atoms with Gasteiger partial charge in [0.2, 0.25) is 0 Å². The van der Waals surface area contributed by atoms with Gasteiger partial charge in [0.05, 0.1) is 6.61 Å². The van der Waals surface area contributed by atoms with Crippen LogP contribution in [-0.2, 0) is 9.47 Å². The highest BCUT2D eigenvalue weighted by atomic mass is 16.6. The molecule has 2 N–H and O–H groups in total. The van der Waals surface area contributed by atoms with E-state index in [1.165, 1.54) is 16.8 Å². The molecule has 2 bridgehead atoms. The Labute approximate surface area is 138 Å². The molecule has 0 aliphatic carbocycles. The number of likely N-dealkylation sites (N-methyl/N-ethyl adjacent to an activating group) is 1. The fourth-order valence-corrected chi connectivity index (χ4v) is 3.77. The number of rotatable bonds is 3. The lowest BCUT2D eigenvalue weighted by Gasteiger charge is -2.39. The van der Waals surface area contributed by atoms with Crippen molar-refractivity contribution in [3.63, 3.8) is 0 Å².